The second kappa shape index (κ2) is 29.2. The Bertz CT molecular complexity index is 3300. The number of hydrogen-bond donors (Lipinski definition) is 3. The van der Waals surface area contributed by atoms with Crippen LogP contribution in [0.3, 0.4) is 0 Å². The molecule has 1 aliphatic heterocycles. The van der Waals surface area contributed by atoms with Crippen molar-refractivity contribution in [1.82, 2.24) is 0 Å². The summed E-state index contributed by atoms with van der Waals surface area (Å²) in [5.41, 5.74) is 4.82. The van der Waals surface area contributed by atoms with Gasteiger partial charge in [-0.15, -0.1) is 0 Å². The van der Waals surface area contributed by atoms with Gasteiger partial charge in [0.25, 0.3) is 0 Å². The average molecular weight is 1270 g/mol. The van der Waals surface area contributed by atoms with E-state index < -0.39 is 42.2 Å². The zero-order chi connectivity index (χ0) is 64.5. The minimum atomic E-state index is -3.66. The third kappa shape index (κ3) is 14.7. The van der Waals surface area contributed by atoms with Crippen LogP contribution >= 0.6 is 0 Å². The molecule has 8 nitrogen and oxygen atoms in total. The molecule has 0 amide bonds. The first-order valence-electron chi connectivity index (χ1n) is 35.4. The summed E-state index contributed by atoms with van der Waals surface area (Å²) in [7, 11) is -6.92. The van der Waals surface area contributed by atoms with Gasteiger partial charge in [-0.3, -0.25) is 0 Å². The molecule has 1 heterocycles. The topological polar surface area (TPSA) is 142 Å². The standard InChI is InChI=1S/C38H52O4S.C30H44O3S.C8H8O.C4H9.Li/c1-5-38(40)23-22-36(3)28(25-38)16-17-30-32-19-18-31(37(32,4)21-20-33(30)36)26(2)35(24-34(39)27-12-8-6-9-13-27)43(41,42)29-14-10-7-11-15-29;1-5-30(31)18-17-28(3)22(19-30)11-12-24-26-14-13-25(29(26,4)16-15-27(24)28)21(2)20-34(32,33)23-9-7-6-8-10-23;1-2-4-7(5-3-1)8-6-9-8;1-3-4-2;/h6-16,26,30-35,39-40H,5,17-25H2,1-4H3;6-11,21,24-27,31H,5,12-20H2,1-4H3;1-5,8H,6H2;1,3-4H2,2H3;/q;;;-1;+1/t26-,30-,31+,32-,33-,34+,35?,36-,37+,38-;21-,24+,25-,26+,27+,28+,29-,30+;8-;;/m011../s1. The molecule has 0 spiro atoms. The van der Waals surface area contributed by atoms with Gasteiger partial charge in [-0.1, -0.05) is 189 Å². The molecule has 0 radical (unpaired) electrons. The van der Waals surface area contributed by atoms with Crippen LogP contribution in [-0.2, 0) is 24.4 Å². The van der Waals surface area contributed by atoms with E-state index in [9.17, 15) is 32.2 Å². The third-order valence-electron chi connectivity index (χ3n) is 26.4. The van der Waals surface area contributed by atoms with Gasteiger partial charge in [0.05, 0.1) is 44.7 Å². The maximum atomic E-state index is 14.3. The first-order valence-corrected chi connectivity index (χ1v) is 38.6. The van der Waals surface area contributed by atoms with Crippen LogP contribution in [0.1, 0.15) is 220 Å². The summed E-state index contributed by atoms with van der Waals surface area (Å²) in [4.78, 5) is 0.824. The first-order chi connectivity index (χ1) is 42.8. The summed E-state index contributed by atoms with van der Waals surface area (Å²) in [6.45, 7) is 25.2. The number of fused-ring (bicyclic) bond motifs is 10. The number of benzene rings is 4. The maximum Gasteiger partial charge on any atom is 1.00 e. The van der Waals surface area contributed by atoms with Crippen LogP contribution in [0.25, 0.3) is 0 Å². The Labute approximate surface area is 563 Å². The number of epoxide rings is 1. The van der Waals surface area contributed by atoms with Crippen molar-refractivity contribution < 1.29 is 55.8 Å². The quantitative estimate of drug-likeness (QED) is 0.0462. The molecular formula is C80H113LiO8S2. The smallest absolute Gasteiger partial charge is 0.390 e. The van der Waals surface area contributed by atoms with Crippen molar-refractivity contribution >= 4 is 19.7 Å². The monoisotopic (exact) mass is 1270 g/mol. The maximum absolute atomic E-state index is 14.3. The van der Waals surface area contributed by atoms with Gasteiger partial charge in [-0.2, -0.15) is 6.42 Å². The van der Waals surface area contributed by atoms with E-state index in [1.54, 1.807) is 36.4 Å². The molecule has 6 saturated carbocycles. The number of aliphatic hydroxyl groups is 3. The Balaban J connectivity index is 0.000000180. The number of aliphatic hydroxyl groups excluding tert-OH is 1. The molecule has 4 aromatic carbocycles. The largest absolute Gasteiger partial charge is 1.00 e. The molecule has 4 aromatic rings. The molecule has 0 aromatic heterocycles. The second-order valence-electron chi connectivity index (χ2n) is 31.1. The fourth-order valence-electron chi connectivity index (χ4n) is 20.7. The summed E-state index contributed by atoms with van der Waals surface area (Å²) in [5.74, 6) is 5.10. The first kappa shape index (κ1) is 72.0. The van der Waals surface area contributed by atoms with Gasteiger partial charge in [-0.25, -0.2) is 16.8 Å². The van der Waals surface area contributed by atoms with Gasteiger partial charge in [0, 0.05) is 0 Å². The summed E-state index contributed by atoms with van der Waals surface area (Å²) >= 11 is 0. The van der Waals surface area contributed by atoms with Crippen LogP contribution in [-0.4, -0.2) is 61.0 Å². The zero-order valence-corrected chi connectivity index (χ0v) is 59.0. The molecular weight excluding hydrogens is 1160 g/mol. The van der Waals surface area contributed by atoms with E-state index in [0.29, 0.717) is 63.2 Å². The van der Waals surface area contributed by atoms with Crippen LogP contribution in [0.4, 0.5) is 0 Å². The van der Waals surface area contributed by atoms with Crippen LogP contribution in [0, 0.1) is 87.8 Å². The normalized spacial score (nSPS) is 36.5. The molecule has 3 N–H and O–H groups in total. The predicted octanol–water partition coefficient (Wildman–Crippen LogP) is 15.5. The number of unbranched alkanes of at least 4 members (excludes halogenated alkanes) is 1. The van der Waals surface area contributed by atoms with Crippen LogP contribution in [0.5, 0.6) is 0 Å². The minimum absolute atomic E-state index is 0. The number of ether oxygens (including phenoxy) is 1. The van der Waals surface area contributed by atoms with Gasteiger partial charge < -0.3 is 27.0 Å². The van der Waals surface area contributed by atoms with Crippen molar-refractivity contribution in [2.45, 2.75) is 236 Å². The summed E-state index contributed by atoms with van der Waals surface area (Å²) in [6.07, 6.45) is 26.1. The van der Waals surface area contributed by atoms with E-state index >= 15 is 0 Å². The van der Waals surface area contributed by atoms with Crippen molar-refractivity contribution in [3.05, 3.63) is 163 Å². The molecule has 494 valence electrons. The average Bonchev–Trinajstić information content (AvgIpc) is 1.71. The third-order valence-corrected chi connectivity index (χ3v) is 30.7. The Morgan fingerprint density at radius 2 is 1.00 bits per heavy atom. The summed E-state index contributed by atoms with van der Waals surface area (Å²) in [5, 5.41) is 32.8. The molecule has 1 unspecified atom stereocenters. The number of hydrogen-bond acceptors (Lipinski definition) is 8. The van der Waals surface area contributed by atoms with E-state index in [0.717, 1.165) is 102 Å². The number of allylic oxidation sites excluding steroid dienone is 2. The molecule has 91 heavy (non-hydrogen) atoms. The van der Waals surface area contributed by atoms with E-state index in [1.165, 1.54) is 55.2 Å². The van der Waals surface area contributed by atoms with Gasteiger partial charge in [0.2, 0.25) is 0 Å². The van der Waals surface area contributed by atoms with E-state index in [2.05, 4.69) is 93.5 Å². The Morgan fingerprint density at radius 3 is 1.45 bits per heavy atom. The molecule has 1 saturated heterocycles. The van der Waals surface area contributed by atoms with Crippen molar-refractivity contribution in [2.24, 2.45) is 80.8 Å². The van der Waals surface area contributed by atoms with Crippen molar-refractivity contribution in [3.8, 4) is 0 Å². The number of rotatable bonds is 15. The molecule has 0 bridgehead atoms. The van der Waals surface area contributed by atoms with Crippen molar-refractivity contribution in [1.29, 1.82) is 0 Å². The second-order valence-corrected chi connectivity index (χ2v) is 35.3. The Morgan fingerprint density at radius 1 is 0.571 bits per heavy atom. The van der Waals surface area contributed by atoms with Crippen LogP contribution in [0.15, 0.2) is 154 Å². The van der Waals surface area contributed by atoms with Crippen molar-refractivity contribution in [3.63, 3.8) is 0 Å². The van der Waals surface area contributed by atoms with E-state index in [1.807, 2.05) is 72.8 Å². The molecule has 13 rings (SSSR count). The van der Waals surface area contributed by atoms with E-state index in [4.69, 9.17) is 4.74 Å². The van der Waals surface area contributed by atoms with Gasteiger partial charge in [0.15, 0.2) is 19.7 Å². The predicted molar refractivity (Wildman–Crippen MR) is 367 cm³/mol. The Kier molecular flexibility index (Phi) is 23.1. The van der Waals surface area contributed by atoms with Gasteiger partial charge in [0.1, 0.15) is 6.10 Å². The molecule has 11 heteroatoms. The van der Waals surface area contributed by atoms with Crippen LogP contribution < -0.4 is 18.9 Å². The van der Waals surface area contributed by atoms with Gasteiger partial charge >= 0.3 is 18.9 Å². The minimum Gasteiger partial charge on any atom is -0.390 e. The van der Waals surface area contributed by atoms with Gasteiger partial charge in [-0.05, 0) is 238 Å². The number of sulfone groups is 2. The summed E-state index contributed by atoms with van der Waals surface area (Å²) in [6, 6.07) is 37.7. The van der Waals surface area contributed by atoms with E-state index in [-0.39, 0.29) is 64.5 Å². The SMILES string of the molecule is CC[C@]1(O)CC[C@@]2(C)C(=CC[C@H]3[C@@H]4CC[C@H]([C@H](C)C(C[C@@H](O)c5ccccc5)S(=O)(=O)c5ccccc5)[C@@]4(C)CC[C@@H]32)C1.CC[C@]1(O)CC[C@@]2(C)C(=CC[C@H]3[C@@H]4CC[C@H]([C@H](C)CS(=O)(=O)c5ccccc5)[C@@]4(C)CC[C@@H]32)C1.[CH2-]CCC.[Li+].c1ccc([C@H]2CO2)cc1. The molecule has 7 fully saturated rings. The van der Waals surface area contributed by atoms with Crippen LogP contribution in [0.2, 0.25) is 0 Å². The molecule has 9 aliphatic rings. The molecule has 19 atom stereocenters. The summed E-state index contributed by atoms with van der Waals surface area (Å²) < 4.78 is 60.0. The molecule has 8 aliphatic carbocycles. The fourth-order valence-corrected chi connectivity index (χ4v) is 24.5. The Hall–Kier alpha value is -3.30. The zero-order valence-electron chi connectivity index (χ0n) is 57.4. The fraction of sp³-hybridized carbons (Fsp3) is 0.637. The van der Waals surface area contributed by atoms with Crippen molar-refractivity contribution in [2.75, 3.05) is 12.4 Å².